The number of hydrogen-bond acceptors (Lipinski definition) is 5. The van der Waals surface area contributed by atoms with Gasteiger partial charge in [0.1, 0.15) is 18.7 Å². The van der Waals surface area contributed by atoms with Crippen LogP contribution in [0.25, 0.3) is 11.0 Å². The van der Waals surface area contributed by atoms with E-state index in [1.54, 1.807) is 36.4 Å². The van der Waals surface area contributed by atoms with Gasteiger partial charge in [-0.15, -0.1) is 0 Å². The molecular formula is C25H23ClN2O5. The third-order valence-corrected chi connectivity index (χ3v) is 6.48. The molecule has 8 heteroatoms. The van der Waals surface area contributed by atoms with Crippen LogP contribution < -0.4 is 10.0 Å². The Morgan fingerprint density at radius 3 is 2.67 bits per heavy atom. The van der Waals surface area contributed by atoms with E-state index in [2.05, 4.69) is 0 Å². The fraction of sp³-hybridized carbons (Fsp3) is 0.280. The first kappa shape index (κ1) is 21.7. The van der Waals surface area contributed by atoms with Gasteiger partial charge in [-0.05, 0) is 35.6 Å². The van der Waals surface area contributed by atoms with E-state index >= 15 is 0 Å². The van der Waals surface area contributed by atoms with Gasteiger partial charge in [-0.3, -0.25) is 9.59 Å². The maximum absolute atomic E-state index is 13.5. The van der Waals surface area contributed by atoms with Crippen molar-refractivity contribution in [1.29, 1.82) is 0 Å². The summed E-state index contributed by atoms with van der Waals surface area (Å²) in [6.07, 6.45) is 0. The zero-order valence-electron chi connectivity index (χ0n) is 17.9. The van der Waals surface area contributed by atoms with Gasteiger partial charge in [0, 0.05) is 16.0 Å². The molecule has 1 fully saturated rings. The molecule has 1 amide bonds. The largest absolute Gasteiger partial charge is 0.868 e. The lowest BCUT2D eigenvalue weighted by molar-refractivity contribution is -0.907. The molecule has 1 atom stereocenters. The molecule has 0 radical (unpaired) electrons. The summed E-state index contributed by atoms with van der Waals surface area (Å²) in [7, 11) is 0. The lowest BCUT2D eigenvalue weighted by atomic mass is 9.95. The highest BCUT2D eigenvalue weighted by atomic mass is 35.5. The Labute approximate surface area is 195 Å². The van der Waals surface area contributed by atoms with Crippen LogP contribution in [-0.4, -0.2) is 56.0 Å². The second-order valence-electron chi connectivity index (χ2n) is 8.29. The van der Waals surface area contributed by atoms with Crippen molar-refractivity contribution >= 4 is 34.3 Å². The van der Waals surface area contributed by atoms with Gasteiger partial charge in [0.25, 0.3) is 0 Å². The molecule has 0 bridgehead atoms. The second kappa shape index (κ2) is 9.02. The summed E-state index contributed by atoms with van der Waals surface area (Å²) in [6, 6.07) is 15.0. The molecule has 2 aliphatic rings. The Kier molecular flexibility index (Phi) is 5.93. The van der Waals surface area contributed by atoms with Crippen molar-refractivity contribution in [3.63, 3.8) is 0 Å². The normalized spacial score (nSPS) is 19.6. The number of ether oxygens (including phenoxy) is 1. The van der Waals surface area contributed by atoms with Crippen LogP contribution in [0.15, 0.2) is 70.3 Å². The monoisotopic (exact) mass is 466 g/mol. The van der Waals surface area contributed by atoms with E-state index in [0.717, 1.165) is 18.5 Å². The minimum Gasteiger partial charge on any atom is -0.868 e. The Morgan fingerprint density at radius 1 is 1.12 bits per heavy atom. The molecule has 1 unspecified atom stereocenters. The molecule has 1 saturated heterocycles. The van der Waals surface area contributed by atoms with Crippen molar-refractivity contribution in [2.24, 2.45) is 0 Å². The second-order valence-corrected chi connectivity index (χ2v) is 8.73. The van der Waals surface area contributed by atoms with Crippen molar-refractivity contribution in [1.82, 2.24) is 4.90 Å². The van der Waals surface area contributed by atoms with Crippen LogP contribution in [0.1, 0.15) is 22.2 Å². The molecule has 0 aliphatic carbocycles. The predicted molar refractivity (Wildman–Crippen MR) is 120 cm³/mol. The van der Waals surface area contributed by atoms with E-state index in [1.165, 1.54) is 9.80 Å². The SMILES string of the molecule is O=C(C1=C([O-])C(=O)N(CC[NH+]2CCOCC2)C1c1cccc(Cl)c1)c1cc2ccccc2o1. The van der Waals surface area contributed by atoms with Crippen LogP contribution in [0.3, 0.4) is 0 Å². The number of morpholine rings is 1. The summed E-state index contributed by atoms with van der Waals surface area (Å²) in [5, 5.41) is 14.3. The third kappa shape index (κ3) is 4.15. The van der Waals surface area contributed by atoms with E-state index in [9.17, 15) is 14.7 Å². The highest BCUT2D eigenvalue weighted by Crippen LogP contribution is 2.39. The number of halogens is 1. The molecule has 1 aromatic heterocycles. The number of hydrogen-bond donors (Lipinski definition) is 1. The van der Waals surface area contributed by atoms with Crippen molar-refractivity contribution in [2.45, 2.75) is 6.04 Å². The molecule has 3 aromatic rings. The van der Waals surface area contributed by atoms with Crippen molar-refractivity contribution in [3.8, 4) is 0 Å². The van der Waals surface area contributed by atoms with Crippen LogP contribution in [0.4, 0.5) is 0 Å². The number of rotatable bonds is 6. The highest BCUT2D eigenvalue weighted by Gasteiger charge is 2.41. The number of para-hydroxylation sites is 1. The van der Waals surface area contributed by atoms with Gasteiger partial charge in [0.05, 0.1) is 32.3 Å². The Balaban J connectivity index is 1.51. The van der Waals surface area contributed by atoms with Gasteiger partial charge in [-0.2, -0.15) is 0 Å². The van der Waals surface area contributed by atoms with E-state index in [1.807, 2.05) is 18.2 Å². The van der Waals surface area contributed by atoms with Crippen LogP contribution in [0.2, 0.25) is 5.02 Å². The number of fused-ring (bicyclic) bond motifs is 1. The summed E-state index contributed by atoms with van der Waals surface area (Å²) in [5.74, 6) is -2.00. The van der Waals surface area contributed by atoms with Gasteiger partial charge < -0.3 is 24.1 Å². The molecular weight excluding hydrogens is 444 g/mol. The number of quaternary nitrogens is 1. The molecule has 0 saturated carbocycles. The Morgan fingerprint density at radius 2 is 1.91 bits per heavy atom. The highest BCUT2D eigenvalue weighted by molar-refractivity contribution is 6.30. The average Bonchev–Trinajstić information content (AvgIpc) is 3.37. The van der Waals surface area contributed by atoms with Crippen LogP contribution >= 0.6 is 11.6 Å². The zero-order chi connectivity index (χ0) is 22.9. The number of carbonyl (C=O) groups excluding carboxylic acids is 2. The van der Waals surface area contributed by atoms with Crippen molar-refractivity contribution in [2.75, 3.05) is 39.4 Å². The van der Waals surface area contributed by atoms with Crippen LogP contribution in [0.5, 0.6) is 0 Å². The topological polar surface area (TPSA) is 87.2 Å². The molecule has 33 heavy (non-hydrogen) atoms. The number of carbonyl (C=O) groups is 2. The summed E-state index contributed by atoms with van der Waals surface area (Å²) in [6.45, 7) is 4.02. The van der Waals surface area contributed by atoms with Crippen LogP contribution in [0, 0.1) is 0 Å². The summed E-state index contributed by atoms with van der Waals surface area (Å²) >= 11 is 6.22. The minimum absolute atomic E-state index is 0.0417. The number of benzene rings is 2. The van der Waals surface area contributed by atoms with Gasteiger partial charge >= 0.3 is 0 Å². The van der Waals surface area contributed by atoms with Gasteiger partial charge in [0.2, 0.25) is 11.7 Å². The quantitative estimate of drug-likeness (QED) is 0.555. The average molecular weight is 467 g/mol. The maximum atomic E-state index is 13.5. The molecule has 5 rings (SSSR count). The van der Waals surface area contributed by atoms with Crippen molar-refractivity contribution < 1.29 is 28.7 Å². The fourth-order valence-corrected chi connectivity index (χ4v) is 4.74. The summed E-state index contributed by atoms with van der Waals surface area (Å²) < 4.78 is 11.1. The molecule has 3 heterocycles. The lowest BCUT2D eigenvalue weighted by Crippen LogP contribution is -3.14. The first-order chi connectivity index (χ1) is 16.0. The number of amides is 1. The van der Waals surface area contributed by atoms with Gasteiger partial charge in [-0.1, -0.05) is 41.9 Å². The Bertz CT molecular complexity index is 1210. The summed E-state index contributed by atoms with van der Waals surface area (Å²) in [5.41, 5.74) is 1.07. The first-order valence-electron chi connectivity index (χ1n) is 10.9. The fourth-order valence-electron chi connectivity index (χ4n) is 4.54. The predicted octanol–water partition coefficient (Wildman–Crippen LogP) is 1.38. The molecule has 2 aliphatic heterocycles. The standard InChI is InChI=1S/C25H23ClN2O5/c26-18-6-3-5-17(14-18)22-21(23(29)20-15-16-4-1-2-7-19(16)33-20)24(30)25(31)28(22)9-8-27-10-12-32-13-11-27/h1-7,14-15,22,30H,8-13H2. The number of furan rings is 1. The zero-order valence-corrected chi connectivity index (χ0v) is 18.6. The number of Topliss-reactive ketones (excluding diaryl/α,β-unsaturated/α-hetero) is 1. The maximum Gasteiger partial charge on any atom is 0.240 e. The molecule has 7 nitrogen and oxygen atoms in total. The molecule has 0 spiro atoms. The van der Waals surface area contributed by atoms with E-state index < -0.39 is 23.5 Å². The Hall–Kier alpha value is -3.13. The number of ketones is 1. The van der Waals surface area contributed by atoms with E-state index in [4.69, 9.17) is 20.8 Å². The number of nitrogens with zero attached hydrogens (tertiary/aromatic N) is 1. The minimum atomic E-state index is -0.815. The molecule has 170 valence electrons. The van der Waals surface area contributed by atoms with Crippen molar-refractivity contribution in [3.05, 3.63) is 82.3 Å². The molecule has 1 N–H and O–H groups in total. The third-order valence-electron chi connectivity index (χ3n) is 6.25. The lowest BCUT2D eigenvalue weighted by Gasteiger charge is -2.30. The summed E-state index contributed by atoms with van der Waals surface area (Å²) in [4.78, 5) is 29.4. The van der Waals surface area contributed by atoms with E-state index in [-0.39, 0.29) is 11.3 Å². The smallest absolute Gasteiger partial charge is 0.240 e. The number of nitrogens with one attached hydrogen (secondary N) is 1. The van der Waals surface area contributed by atoms with Crippen LogP contribution in [-0.2, 0) is 9.53 Å². The molecule has 2 aromatic carbocycles. The van der Waals surface area contributed by atoms with Gasteiger partial charge in [0.15, 0.2) is 5.76 Å². The van der Waals surface area contributed by atoms with E-state index in [0.29, 0.717) is 42.5 Å². The first-order valence-corrected chi connectivity index (χ1v) is 11.3. The van der Waals surface area contributed by atoms with Gasteiger partial charge in [-0.25, -0.2) is 0 Å².